The average Bonchev–Trinajstić information content (AvgIpc) is 2.33. The number of carboxylic acid groups (broad SMARTS) is 2. The van der Waals surface area contributed by atoms with Crippen LogP contribution in [0.5, 0.6) is 0 Å². The minimum absolute atomic E-state index is 0. The molecule has 0 heterocycles. The molecular formula is C13H19NNa2O5. The Kier molecular flexibility index (Phi) is 20.5. The van der Waals surface area contributed by atoms with Crippen molar-refractivity contribution in [1.82, 2.24) is 0 Å². The van der Waals surface area contributed by atoms with E-state index in [4.69, 9.17) is 5.11 Å². The van der Waals surface area contributed by atoms with Crippen molar-refractivity contribution in [1.29, 1.82) is 0 Å². The number of carbonyl (C=O) groups excluding carboxylic acids is 1. The molecule has 0 radical (unpaired) electrons. The maximum absolute atomic E-state index is 11.4. The normalized spacial score (nSPS) is 11.7. The second kappa shape index (κ2) is 16.5. The maximum Gasteiger partial charge on any atom is 1.00 e. The van der Waals surface area contributed by atoms with Crippen molar-refractivity contribution in [3.8, 4) is 0 Å². The molecule has 6 nitrogen and oxygen atoms in total. The zero-order chi connectivity index (χ0) is 14.7. The Hall–Kier alpha value is 0.150. The van der Waals surface area contributed by atoms with E-state index in [1.807, 2.05) is 0 Å². The first-order valence-electron chi connectivity index (χ1n) is 6.24. The average molecular weight is 315 g/mol. The molecule has 8 heteroatoms. The Labute approximate surface area is 169 Å². The number of carboxylic acids is 2. The minimum atomic E-state index is -1.35. The first kappa shape index (κ1) is 26.1. The Bertz CT molecular complexity index is 347. The first-order valence-corrected chi connectivity index (χ1v) is 6.24. The number of aliphatic carboxylic acids is 2. The van der Waals surface area contributed by atoms with E-state index in [1.165, 1.54) is 0 Å². The molecule has 0 unspecified atom stereocenters. The third kappa shape index (κ3) is 16.3. The predicted molar refractivity (Wildman–Crippen MR) is 66.4 cm³/mol. The van der Waals surface area contributed by atoms with Gasteiger partial charge >= 0.3 is 65.1 Å². The predicted octanol–water partition coefficient (Wildman–Crippen LogP) is -6.13. The summed E-state index contributed by atoms with van der Waals surface area (Å²) in [5.74, 6) is -3.14. The van der Waals surface area contributed by atoms with Crippen molar-refractivity contribution in [2.24, 2.45) is 4.99 Å². The zero-order valence-corrected chi connectivity index (χ0v) is 16.8. The maximum atomic E-state index is 11.4. The molecule has 1 N–H and O–H groups in total. The van der Waals surface area contributed by atoms with Crippen LogP contribution in [0, 0.1) is 0 Å². The van der Waals surface area contributed by atoms with Gasteiger partial charge in [-0.25, -0.2) is 4.79 Å². The molecule has 0 saturated carbocycles. The van der Waals surface area contributed by atoms with Crippen molar-refractivity contribution in [2.75, 3.05) is 0 Å². The molecule has 0 saturated heterocycles. The molecule has 0 aliphatic heterocycles. The van der Waals surface area contributed by atoms with E-state index < -0.39 is 30.3 Å². The second-order valence-electron chi connectivity index (χ2n) is 4.18. The van der Waals surface area contributed by atoms with Crippen LogP contribution in [0.3, 0.4) is 0 Å². The van der Waals surface area contributed by atoms with Gasteiger partial charge in [-0.2, -0.15) is 0 Å². The summed E-state index contributed by atoms with van der Waals surface area (Å²) in [4.78, 5) is 24.6. The van der Waals surface area contributed by atoms with Crippen LogP contribution < -0.4 is 69.3 Å². The van der Waals surface area contributed by atoms with Gasteiger partial charge in [-0.1, -0.05) is 12.5 Å². The van der Waals surface area contributed by atoms with E-state index in [-0.39, 0.29) is 72.0 Å². The molecule has 0 fully saturated rings. The van der Waals surface area contributed by atoms with Crippen LogP contribution in [0.25, 0.3) is 0 Å². The molecule has 0 aliphatic rings. The van der Waals surface area contributed by atoms with Crippen molar-refractivity contribution in [3.63, 3.8) is 0 Å². The summed E-state index contributed by atoms with van der Waals surface area (Å²) >= 11 is 0. The summed E-state index contributed by atoms with van der Waals surface area (Å²) in [6, 6.07) is -1.29. The first-order chi connectivity index (χ1) is 8.97. The Morgan fingerprint density at radius 1 is 1.14 bits per heavy atom. The van der Waals surface area contributed by atoms with Crippen molar-refractivity contribution < 1.29 is 84.0 Å². The van der Waals surface area contributed by atoms with Crippen LogP contribution >= 0.6 is 0 Å². The molecule has 0 bridgehead atoms. The number of nitrogens with zero attached hydrogens (tertiary/aromatic N) is 1. The third-order valence-electron chi connectivity index (χ3n) is 2.51. The molecule has 1 atom stereocenters. The molecule has 0 rings (SSSR count). The summed E-state index contributed by atoms with van der Waals surface area (Å²) in [5.41, 5.74) is 0. The fourth-order valence-electron chi connectivity index (χ4n) is 1.48. The van der Waals surface area contributed by atoms with Gasteiger partial charge in [0.2, 0.25) is 0 Å². The largest absolute Gasteiger partial charge is 1.00 e. The van der Waals surface area contributed by atoms with E-state index in [0.717, 1.165) is 19.3 Å². The van der Waals surface area contributed by atoms with E-state index in [0.29, 0.717) is 6.42 Å². The van der Waals surface area contributed by atoms with E-state index >= 15 is 0 Å². The molecule has 0 aliphatic carbocycles. The van der Waals surface area contributed by atoms with Gasteiger partial charge in [-0.3, -0.25) is 4.99 Å². The number of allylic oxidation sites excluding steroid dienone is 1. The summed E-state index contributed by atoms with van der Waals surface area (Å²) in [7, 11) is 0. The monoisotopic (exact) mass is 315 g/mol. The number of rotatable bonds is 11. The zero-order valence-electron chi connectivity index (χ0n) is 12.8. The molecule has 0 aromatic heterocycles. The number of unbranched alkanes of at least 4 members (excludes halogenated alkanes) is 3. The standard InChI is InChI=1S/C13H21NO5.2Na/c1-2-3-4-5-6-7-11(15)14-10(13(18)19)8-9-12(16)17;;/h2,10H,1,3-9H2,(H,14,15)(H,16,17)(H,18,19);;/q;2*+1/p-2/t10-;;/m0../s1. The van der Waals surface area contributed by atoms with E-state index in [2.05, 4.69) is 11.6 Å². The quantitative estimate of drug-likeness (QED) is 0.134. The SMILES string of the molecule is C=CCCCCCC([O-])=N[C@@H](CCC(=O)[O-])C(=O)O.[Na+].[Na+]. The summed E-state index contributed by atoms with van der Waals surface area (Å²) in [5, 5.41) is 30.5. The van der Waals surface area contributed by atoms with Gasteiger partial charge in [-0.15, -0.1) is 6.58 Å². The van der Waals surface area contributed by atoms with Gasteiger partial charge in [0.15, 0.2) is 0 Å². The van der Waals surface area contributed by atoms with Gasteiger partial charge in [0, 0.05) is 5.97 Å². The summed E-state index contributed by atoms with van der Waals surface area (Å²) < 4.78 is 0. The van der Waals surface area contributed by atoms with Crippen molar-refractivity contribution >= 4 is 17.8 Å². The van der Waals surface area contributed by atoms with Crippen LogP contribution in [-0.4, -0.2) is 29.0 Å². The fraction of sp³-hybridized carbons (Fsp3) is 0.615. The summed E-state index contributed by atoms with van der Waals surface area (Å²) in [6.07, 6.45) is 4.65. The van der Waals surface area contributed by atoms with Crippen molar-refractivity contribution in [3.05, 3.63) is 12.7 Å². The van der Waals surface area contributed by atoms with Gasteiger partial charge in [-0.05, 0) is 44.4 Å². The van der Waals surface area contributed by atoms with Crippen LogP contribution in [0.2, 0.25) is 0 Å². The Balaban J connectivity index is -0.00000162. The Morgan fingerprint density at radius 2 is 1.76 bits per heavy atom. The number of hydrogen-bond donors (Lipinski definition) is 1. The third-order valence-corrected chi connectivity index (χ3v) is 2.51. The molecule has 0 aromatic rings. The van der Waals surface area contributed by atoms with E-state index in [1.54, 1.807) is 6.08 Å². The van der Waals surface area contributed by atoms with Crippen molar-refractivity contribution in [2.45, 2.75) is 51.0 Å². The number of hydrogen-bond acceptors (Lipinski definition) is 5. The second-order valence-corrected chi connectivity index (χ2v) is 4.18. The van der Waals surface area contributed by atoms with Crippen LogP contribution in [-0.2, 0) is 9.59 Å². The van der Waals surface area contributed by atoms with Gasteiger partial charge in [0.1, 0.15) is 6.04 Å². The number of carbonyl (C=O) groups is 2. The van der Waals surface area contributed by atoms with Gasteiger partial charge < -0.3 is 20.1 Å². The summed E-state index contributed by atoms with van der Waals surface area (Å²) in [6.45, 7) is 3.58. The molecular weight excluding hydrogens is 296 g/mol. The van der Waals surface area contributed by atoms with E-state index in [9.17, 15) is 19.8 Å². The smallest absolute Gasteiger partial charge is 0.862 e. The Morgan fingerprint density at radius 3 is 2.24 bits per heavy atom. The van der Waals surface area contributed by atoms with Gasteiger partial charge in [0.25, 0.3) is 0 Å². The molecule has 21 heavy (non-hydrogen) atoms. The molecule has 0 spiro atoms. The topological polar surface area (TPSA) is 113 Å². The van der Waals surface area contributed by atoms with Crippen LogP contribution in [0.1, 0.15) is 44.9 Å². The van der Waals surface area contributed by atoms with Gasteiger partial charge in [0.05, 0.1) is 0 Å². The molecule has 0 amide bonds. The van der Waals surface area contributed by atoms with Crippen LogP contribution in [0.15, 0.2) is 17.6 Å². The van der Waals surface area contributed by atoms with Crippen LogP contribution in [0.4, 0.5) is 0 Å². The molecule has 108 valence electrons. The molecule has 0 aromatic carbocycles. The minimum Gasteiger partial charge on any atom is -0.862 e. The fourth-order valence-corrected chi connectivity index (χ4v) is 1.48. The number of aliphatic imine (C=N–C) groups is 1.